The number of carbonyl (C=O) groups excluding carboxylic acids is 2. The highest BCUT2D eigenvalue weighted by Gasteiger charge is 2.89. The van der Waals surface area contributed by atoms with Crippen molar-refractivity contribution < 1.29 is 28.9 Å². The third kappa shape index (κ3) is 1.60. The highest BCUT2D eigenvalue weighted by Crippen LogP contribution is 2.78. The molecule has 0 radical (unpaired) electrons. The monoisotopic (exact) mass is 400 g/mol. The Morgan fingerprint density at radius 3 is 2.62 bits per heavy atom. The topological polar surface area (TPSA) is 82.1 Å². The third-order valence-electron chi connectivity index (χ3n) is 8.96. The molecule has 7 rings (SSSR count). The van der Waals surface area contributed by atoms with Crippen LogP contribution in [0.25, 0.3) is 0 Å². The molecule has 0 amide bonds. The van der Waals surface area contributed by atoms with Gasteiger partial charge in [0.1, 0.15) is 11.5 Å². The van der Waals surface area contributed by atoms with E-state index >= 15 is 0 Å². The summed E-state index contributed by atoms with van der Waals surface area (Å²) in [6, 6.07) is 0. The molecule has 3 saturated carbocycles. The Labute approximate surface area is 170 Å². The van der Waals surface area contributed by atoms with Crippen LogP contribution in [-0.4, -0.2) is 47.1 Å². The van der Waals surface area contributed by atoms with Gasteiger partial charge in [0.05, 0.1) is 18.1 Å². The Hall–Kier alpha value is -1.34. The Morgan fingerprint density at radius 2 is 1.90 bits per heavy atom. The van der Waals surface area contributed by atoms with E-state index < -0.39 is 45.9 Å². The van der Waals surface area contributed by atoms with E-state index in [1.54, 1.807) is 19.9 Å². The predicted molar refractivity (Wildman–Crippen MR) is 101 cm³/mol. The molecule has 4 bridgehead atoms. The summed E-state index contributed by atoms with van der Waals surface area (Å²) < 4.78 is 19.1. The van der Waals surface area contributed by atoms with Crippen molar-refractivity contribution in [1.29, 1.82) is 0 Å². The molecule has 3 unspecified atom stereocenters. The largest absolute Gasteiger partial charge is 0.387 e. The number of hydrogen-bond acceptors (Lipinski definition) is 6. The van der Waals surface area contributed by atoms with Crippen molar-refractivity contribution in [3.8, 4) is 0 Å². The predicted octanol–water partition coefficient (Wildman–Crippen LogP) is 2.16. The molecule has 0 aromatic carbocycles. The molecule has 3 aliphatic heterocycles. The van der Waals surface area contributed by atoms with Gasteiger partial charge in [-0.3, -0.25) is 9.59 Å². The van der Waals surface area contributed by atoms with E-state index in [1.807, 2.05) is 19.9 Å². The van der Waals surface area contributed by atoms with Gasteiger partial charge in [-0.1, -0.05) is 26.5 Å². The maximum Gasteiger partial charge on any atom is 0.213 e. The molecule has 3 saturated heterocycles. The first-order chi connectivity index (χ1) is 13.5. The molecule has 3 heterocycles. The first-order valence-corrected chi connectivity index (χ1v) is 10.6. The molecular weight excluding hydrogens is 372 g/mol. The molecule has 6 nitrogen and oxygen atoms in total. The van der Waals surface area contributed by atoms with Gasteiger partial charge in [0.15, 0.2) is 17.4 Å². The Morgan fingerprint density at radius 1 is 1.17 bits per heavy atom. The fourth-order valence-corrected chi connectivity index (χ4v) is 8.23. The van der Waals surface area contributed by atoms with Gasteiger partial charge in [-0.05, 0) is 49.7 Å². The maximum absolute atomic E-state index is 13.9. The fourth-order valence-electron chi connectivity index (χ4n) is 8.23. The number of ketones is 2. The number of fused-ring (bicyclic) bond motifs is 1. The molecule has 0 aromatic rings. The minimum atomic E-state index is -1.53. The van der Waals surface area contributed by atoms with E-state index in [2.05, 4.69) is 6.58 Å². The lowest BCUT2D eigenvalue weighted by Crippen LogP contribution is -2.88. The number of hydrogen-bond donors (Lipinski definition) is 1. The lowest BCUT2D eigenvalue weighted by atomic mass is 9.36. The summed E-state index contributed by atoms with van der Waals surface area (Å²) in [5.41, 5.74) is -2.11. The molecular formula is C23H28O6. The van der Waals surface area contributed by atoms with Gasteiger partial charge in [0, 0.05) is 11.8 Å². The van der Waals surface area contributed by atoms with Gasteiger partial charge < -0.3 is 19.3 Å². The molecule has 156 valence electrons. The second-order valence-corrected chi connectivity index (χ2v) is 10.9. The first-order valence-electron chi connectivity index (χ1n) is 10.6. The van der Waals surface area contributed by atoms with E-state index in [4.69, 9.17) is 14.2 Å². The van der Waals surface area contributed by atoms with Crippen LogP contribution in [0.3, 0.4) is 0 Å². The first kappa shape index (κ1) is 18.4. The van der Waals surface area contributed by atoms with Crippen LogP contribution in [0.2, 0.25) is 0 Å². The fraction of sp³-hybridized carbons (Fsp3) is 0.739. The second-order valence-electron chi connectivity index (χ2n) is 10.9. The summed E-state index contributed by atoms with van der Waals surface area (Å²) in [5.74, 6) is -3.61. The van der Waals surface area contributed by atoms with Crippen LogP contribution in [-0.2, 0) is 23.8 Å². The van der Waals surface area contributed by atoms with E-state index in [9.17, 15) is 14.7 Å². The van der Waals surface area contributed by atoms with Crippen LogP contribution in [0.4, 0.5) is 0 Å². The minimum Gasteiger partial charge on any atom is -0.387 e. The zero-order valence-corrected chi connectivity index (χ0v) is 17.4. The second kappa shape index (κ2) is 4.77. The highest BCUT2D eigenvalue weighted by atomic mass is 16.8. The molecule has 0 aromatic heterocycles. The number of aliphatic hydroxyl groups is 1. The van der Waals surface area contributed by atoms with Gasteiger partial charge in [-0.2, -0.15) is 0 Å². The van der Waals surface area contributed by atoms with Crippen molar-refractivity contribution in [2.75, 3.05) is 6.61 Å². The van der Waals surface area contributed by atoms with Crippen LogP contribution in [0, 0.1) is 34.0 Å². The number of rotatable bonds is 0. The van der Waals surface area contributed by atoms with Crippen LogP contribution >= 0.6 is 0 Å². The van der Waals surface area contributed by atoms with E-state index in [-0.39, 0.29) is 30.0 Å². The van der Waals surface area contributed by atoms with E-state index in [0.29, 0.717) is 12.0 Å². The summed E-state index contributed by atoms with van der Waals surface area (Å²) in [6.07, 6.45) is 3.33. The van der Waals surface area contributed by atoms with Crippen molar-refractivity contribution in [1.82, 2.24) is 0 Å². The van der Waals surface area contributed by atoms with Gasteiger partial charge >= 0.3 is 0 Å². The number of ether oxygens (including phenoxy) is 3. The Balaban J connectivity index is 1.71. The van der Waals surface area contributed by atoms with Crippen LogP contribution in [0.5, 0.6) is 0 Å². The summed E-state index contributed by atoms with van der Waals surface area (Å²) in [6.45, 7) is 11.9. The maximum atomic E-state index is 13.9. The molecule has 29 heavy (non-hydrogen) atoms. The quantitative estimate of drug-likeness (QED) is 0.628. The van der Waals surface area contributed by atoms with Crippen LogP contribution < -0.4 is 0 Å². The zero-order chi connectivity index (χ0) is 20.8. The molecule has 1 N–H and O–H groups in total. The molecule has 7 aliphatic rings. The summed E-state index contributed by atoms with van der Waals surface area (Å²) in [5, 5.41) is 11.9. The van der Waals surface area contributed by atoms with Crippen molar-refractivity contribution in [2.45, 2.75) is 64.3 Å². The average Bonchev–Trinajstić information content (AvgIpc) is 2.75. The SMILES string of the molecule is C=C1C(=O)[C@@]23C4OC(C)(C)O[C@]25OC[C@]2(C(=O)C=CC(C)(C)C2[C@@H]5O)C3CC[C@@H]14. The highest BCUT2D eigenvalue weighted by molar-refractivity contribution is 6.07. The average molecular weight is 400 g/mol. The van der Waals surface area contributed by atoms with Crippen molar-refractivity contribution >= 4 is 11.6 Å². The van der Waals surface area contributed by atoms with Gasteiger partial charge in [0.2, 0.25) is 5.79 Å². The number of allylic oxidation sites excluding steroid dienone is 2. The molecule has 3 spiro atoms. The minimum absolute atomic E-state index is 0.0547. The summed E-state index contributed by atoms with van der Waals surface area (Å²) in [7, 11) is 0. The lowest BCUT2D eigenvalue weighted by molar-refractivity contribution is -0.521. The van der Waals surface area contributed by atoms with Gasteiger partial charge in [-0.15, -0.1) is 0 Å². The van der Waals surface area contributed by atoms with Gasteiger partial charge in [-0.25, -0.2) is 0 Å². The molecule has 4 aliphatic carbocycles. The van der Waals surface area contributed by atoms with E-state index in [0.717, 1.165) is 6.42 Å². The van der Waals surface area contributed by atoms with E-state index in [1.165, 1.54) is 0 Å². The Bertz CT molecular complexity index is 916. The van der Waals surface area contributed by atoms with Gasteiger partial charge in [0.25, 0.3) is 0 Å². The van der Waals surface area contributed by atoms with Crippen LogP contribution in [0.15, 0.2) is 24.3 Å². The molecule has 8 atom stereocenters. The summed E-state index contributed by atoms with van der Waals surface area (Å²) in [4.78, 5) is 27.4. The standard InChI is InChI=1S/C23H28O6/c1-11-12-6-7-13-21-10-27-23(17(26)15(21)19(2,3)9-8-14(21)24)22(13,16(11)25)18(12)28-20(4,5)29-23/h8-9,12-13,15,17-18,26H,1,6-7,10H2,2-5H3/t12-,13?,15?,17-,18?,21+,22-,23-/m0/s1. The number of carbonyl (C=O) groups is 2. The lowest BCUT2D eigenvalue weighted by Gasteiger charge is -2.75. The van der Waals surface area contributed by atoms with Crippen molar-refractivity contribution in [2.24, 2.45) is 34.0 Å². The van der Waals surface area contributed by atoms with Crippen molar-refractivity contribution in [3.63, 3.8) is 0 Å². The number of Topliss-reactive ketones (excluding diaryl/α,β-unsaturated/α-hetero) is 1. The molecule has 6 fully saturated rings. The smallest absolute Gasteiger partial charge is 0.213 e. The molecule has 6 heteroatoms. The normalized spacial score (nSPS) is 55.6. The third-order valence-corrected chi connectivity index (χ3v) is 8.96. The zero-order valence-electron chi connectivity index (χ0n) is 17.4. The Kier molecular flexibility index (Phi) is 3.03. The number of aliphatic hydroxyl groups excluding tert-OH is 1. The van der Waals surface area contributed by atoms with Crippen molar-refractivity contribution in [3.05, 3.63) is 24.3 Å². The van der Waals surface area contributed by atoms with Crippen LogP contribution in [0.1, 0.15) is 40.5 Å². The summed E-state index contributed by atoms with van der Waals surface area (Å²) >= 11 is 0.